The summed E-state index contributed by atoms with van der Waals surface area (Å²) in [6.45, 7) is 0.121. The molecular formula is C22H13ClN2O3S. The van der Waals surface area contributed by atoms with Gasteiger partial charge in [-0.2, -0.15) is 5.26 Å². The summed E-state index contributed by atoms with van der Waals surface area (Å²) in [4.78, 5) is 26.5. The number of rotatable bonds is 4. The fourth-order valence-electron chi connectivity index (χ4n) is 2.86. The van der Waals surface area contributed by atoms with E-state index in [-0.39, 0.29) is 17.7 Å². The maximum Gasteiger partial charge on any atom is 0.293 e. The van der Waals surface area contributed by atoms with Gasteiger partial charge in [-0.3, -0.25) is 14.5 Å². The smallest absolute Gasteiger partial charge is 0.293 e. The molecule has 1 aliphatic rings. The number of carbonyl (C=O) groups excluding carboxylic acids is 2. The number of benzene rings is 2. The molecule has 1 saturated heterocycles. The van der Waals surface area contributed by atoms with Gasteiger partial charge in [0.2, 0.25) is 0 Å². The van der Waals surface area contributed by atoms with E-state index in [9.17, 15) is 9.59 Å². The van der Waals surface area contributed by atoms with E-state index >= 15 is 0 Å². The monoisotopic (exact) mass is 420 g/mol. The Morgan fingerprint density at radius 2 is 1.83 bits per heavy atom. The summed E-state index contributed by atoms with van der Waals surface area (Å²) in [6.07, 6.45) is 1.56. The molecule has 7 heteroatoms. The minimum Gasteiger partial charge on any atom is -0.457 e. The zero-order chi connectivity index (χ0) is 20.4. The zero-order valence-electron chi connectivity index (χ0n) is 15.0. The number of amides is 2. The first-order valence-electron chi connectivity index (χ1n) is 8.64. The molecule has 2 heterocycles. The van der Waals surface area contributed by atoms with Crippen LogP contribution in [-0.2, 0) is 11.3 Å². The molecule has 1 aromatic heterocycles. The molecule has 1 aliphatic heterocycles. The molecule has 2 amide bonds. The quantitative estimate of drug-likeness (QED) is 0.505. The summed E-state index contributed by atoms with van der Waals surface area (Å²) in [5.74, 6) is 0.694. The van der Waals surface area contributed by atoms with E-state index in [2.05, 4.69) is 6.07 Å². The molecule has 0 saturated carbocycles. The number of carbonyl (C=O) groups is 2. The second-order valence-corrected chi connectivity index (χ2v) is 7.65. The largest absolute Gasteiger partial charge is 0.457 e. The maximum absolute atomic E-state index is 12.7. The van der Waals surface area contributed by atoms with Crippen LogP contribution in [-0.4, -0.2) is 16.0 Å². The normalized spacial score (nSPS) is 15.2. The van der Waals surface area contributed by atoms with Crippen molar-refractivity contribution in [2.75, 3.05) is 0 Å². The topological polar surface area (TPSA) is 74.3 Å². The van der Waals surface area contributed by atoms with Crippen molar-refractivity contribution in [1.29, 1.82) is 5.26 Å². The highest BCUT2D eigenvalue weighted by molar-refractivity contribution is 8.18. The van der Waals surface area contributed by atoms with Crippen LogP contribution in [0.4, 0.5) is 4.79 Å². The molecule has 0 spiro atoms. The Bertz CT molecular complexity index is 1180. The fraction of sp³-hybridized carbons (Fsp3) is 0.0455. The van der Waals surface area contributed by atoms with Crippen LogP contribution < -0.4 is 0 Å². The Kier molecular flexibility index (Phi) is 5.26. The van der Waals surface area contributed by atoms with Crippen molar-refractivity contribution < 1.29 is 14.0 Å². The number of thioether (sulfide) groups is 1. The molecule has 3 aromatic rings. The molecule has 0 aliphatic carbocycles. The molecule has 29 heavy (non-hydrogen) atoms. The number of imide groups is 1. The second-order valence-electron chi connectivity index (χ2n) is 6.25. The molecule has 0 unspecified atom stereocenters. The van der Waals surface area contributed by atoms with Gasteiger partial charge in [0, 0.05) is 16.7 Å². The van der Waals surface area contributed by atoms with Gasteiger partial charge < -0.3 is 4.42 Å². The van der Waals surface area contributed by atoms with Crippen LogP contribution in [0.5, 0.6) is 0 Å². The molecule has 5 nitrogen and oxygen atoms in total. The number of nitrogens with zero attached hydrogens (tertiary/aromatic N) is 2. The molecular weight excluding hydrogens is 408 g/mol. The van der Waals surface area contributed by atoms with Gasteiger partial charge in [-0.05, 0) is 59.8 Å². The first-order chi connectivity index (χ1) is 14.0. The van der Waals surface area contributed by atoms with Crippen molar-refractivity contribution in [1.82, 2.24) is 4.90 Å². The van der Waals surface area contributed by atoms with Crippen LogP contribution >= 0.6 is 23.4 Å². The molecule has 0 bridgehead atoms. The van der Waals surface area contributed by atoms with Crippen LogP contribution in [0, 0.1) is 11.3 Å². The van der Waals surface area contributed by atoms with E-state index in [0.29, 0.717) is 32.6 Å². The van der Waals surface area contributed by atoms with Crippen molar-refractivity contribution in [2.24, 2.45) is 0 Å². The standard InChI is InChI=1S/C22H13ClN2O3S/c23-18-4-2-1-3-16(18)13-25-21(26)20(29-22(25)27)11-17-9-10-19(28-17)15-7-5-14(12-24)6-8-15/h1-11H,13H2/b20-11-. The molecule has 0 atom stereocenters. The molecule has 2 aromatic carbocycles. The number of hydrogen-bond donors (Lipinski definition) is 0. The SMILES string of the molecule is N#Cc1ccc(-c2ccc(/C=C3\SC(=O)N(Cc4ccccc4Cl)C3=O)o2)cc1. The summed E-state index contributed by atoms with van der Waals surface area (Å²) in [5.41, 5.74) is 2.09. The third-order valence-corrected chi connectivity index (χ3v) is 5.63. The van der Waals surface area contributed by atoms with Gasteiger partial charge >= 0.3 is 0 Å². The maximum atomic E-state index is 12.7. The van der Waals surface area contributed by atoms with E-state index in [1.807, 2.05) is 6.07 Å². The lowest BCUT2D eigenvalue weighted by Gasteiger charge is -2.13. The van der Waals surface area contributed by atoms with Crippen molar-refractivity contribution >= 4 is 40.6 Å². The zero-order valence-corrected chi connectivity index (χ0v) is 16.5. The molecule has 142 valence electrons. The molecule has 0 N–H and O–H groups in total. The van der Waals surface area contributed by atoms with Crippen molar-refractivity contribution in [2.45, 2.75) is 6.54 Å². The van der Waals surface area contributed by atoms with Gasteiger partial charge in [-0.1, -0.05) is 29.8 Å². The Morgan fingerprint density at radius 3 is 2.55 bits per heavy atom. The van der Waals surface area contributed by atoms with Crippen LogP contribution in [0.2, 0.25) is 5.02 Å². The third-order valence-electron chi connectivity index (χ3n) is 4.36. The highest BCUT2D eigenvalue weighted by atomic mass is 35.5. The Labute approximate surface area is 176 Å². The van der Waals surface area contributed by atoms with Gasteiger partial charge in [-0.25, -0.2) is 0 Å². The third kappa shape index (κ3) is 3.97. The van der Waals surface area contributed by atoms with E-state index in [1.54, 1.807) is 60.7 Å². The lowest BCUT2D eigenvalue weighted by Crippen LogP contribution is -2.27. The predicted molar refractivity (Wildman–Crippen MR) is 112 cm³/mol. The lowest BCUT2D eigenvalue weighted by molar-refractivity contribution is -0.123. The van der Waals surface area contributed by atoms with Crippen molar-refractivity contribution in [3.63, 3.8) is 0 Å². The predicted octanol–water partition coefficient (Wildman–Crippen LogP) is 5.71. The lowest BCUT2D eigenvalue weighted by atomic mass is 10.1. The molecule has 4 rings (SSSR count). The first kappa shape index (κ1) is 19.1. The van der Waals surface area contributed by atoms with E-state index in [0.717, 1.165) is 17.3 Å². The average Bonchev–Trinajstić information content (AvgIpc) is 3.30. The fourth-order valence-corrected chi connectivity index (χ4v) is 3.87. The van der Waals surface area contributed by atoms with Gasteiger partial charge in [0.15, 0.2) is 0 Å². The van der Waals surface area contributed by atoms with Crippen LogP contribution in [0.1, 0.15) is 16.9 Å². The van der Waals surface area contributed by atoms with Gasteiger partial charge in [0.25, 0.3) is 11.1 Å². The summed E-state index contributed by atoms with van der Waals surface area (Å²) < 4.78 is 5.79. The van der Waals surface area contributed by atoms with Crippen LogP contribution in [0.3, 0.4) is 0 Å². The summed E-state index contributed by atoms with van der Waals surface area (Å²) in [5, 5.41) is 9.04. The van der Waals surface area contributed by atoms with Gasteiger partial charge in [-0.15, -0.1) is 0 Å². The second kappa shape index (κ2) is 8.00. The van der Waals surface area contributed by atoms with E-state index in [1.165, 1.54) is 4.90 Å². The molecule has 0 radical (unpaired) electrons. The number of halogens is 1. The Balaban J connectivity index is 1.54. The average molecular weight is 421 g/mol. The summed E-state index contributed by atoms with van der Waals surface area (Å²) in [7, 11) is 0. The number of furan rings is 1. The summed E-state index contributed by atoms with van der Waals surface area (Å²) >= 11 is 7.01. The summed E-state index contributed by atoms with van der Waals surface area (Å²) in [6, 6.07) is 19.7. The number of nitriles is 1. The van der Waals surface area contributed by atoms with Crippen LogP contribution in [0.25, 0.3) is 17.4 Å². The van der Waals surface area contributed by atoms with E-state index < -0.39 is 0 Å². The minimum absolute atomic E-state index is 0.121. The van der Waals surface area contributed by atoms with Gasteiger partial charge in [0.05, 0.1) is 23.1 Å². The molecule has 1 fully saturated rings. The highest BCUT2D eigenvalue weighted by Gasteiger charge is 2.35. The Hall–Kier alpha value is -3.27. The Morgan fingerprint density at radius 1 is 1.07 bits per heavy atom. The van der Waals surface area contributed by atoms with Gasteiger partial charge in [0.1, 0.15) is 11.5 Å². The first-order valence-corrected chi connectivity index (χ1v) is 9.84. The minimum atomic E-state index is -0.378. The van der Waals surface area contributed by atoms with Crippen molar-refractivity contribution in [3.05, 3.63) is 87.5 Å². The van der Waals surface area contributed by atoms with E-state index in [4.69, 9.17) is 21.3 Å². The van der Waals surface area contributed by atoms with Crippen LogP contribution in [0.15, 0.2) is 70.0 Å². The highest BCUT2D eigenvalue weighted by Crippen LogP contribution is 2.35. The number of hydrogen-bond acceptors (Lipinski definition) is 5. The van der Waals surface area contributed by atoms with Crippen molar-refractivity contribution in [3.8, 4) is 17.4 Å².